The van der Waals surface area contributed by atoms with E-state index in [0.29, 0.717) is 19.3 Å². The standard InChI is InChI=1S/C76H130O6/c1-4-7-10-13-16-19-21-23-25-27-29-31-32-33-34-35-36-37-38-39-40-41-42-43-44-46-47-49-51-53-55-57-60-63-66-69-75(78)81-72-73(71-80-74(77)68-65-62-59-18-15-12-9-6-3)82-76(79)70-67-64-61-58-56-54-52-50-48-45-30-28-26-24-22-20-17-14-11-8-5-2/h7,10,16,19,22-25,28-31,33-34,36-37,48,50,73H,4-6,8-9,11-15,17-18,20-21,26-27,32,35,38-47,49,51-72H2,1-3H3/b10-7-,19-16-,24-22-,25-23-,30-28-,31-29-,34-33-,37-36-,50-48-. The van der Waals surface area contributed by atoms with Crippen LogP contribution in [0.3, 0.4) is 0 Å². The van der Waals surface area contributed by atoms with Crippen LogP contribution in [0.15, 0.2) is 109 Å². The number of allylic oxidation sites excluding steroid dienone is 18. The van der Waals surface area contributed by atoms with Crippen LogP contribution in [-0.4, -0.2) is 37.2 Å². The molecule has 0 rings (SSSR count). The van der Waals surface area contributed by atoms with Crippen LogP contribution in [-0.2, 0) is 28.6 Å². The average molecular weight is 1140 g/mol. The van der Waals surface area contributed by atoms with Gasteiger partial charge in [-0.2, -0.15) is 0 Å². The van der Waals surface area contributed by atoms with Crippen LogP contribution in [0.25, 0.3) is 0 Å². The third kappa shape index (κ3) is 66.9. The second kappa shape index (κ2) is 69.6. The summed E-state index contributed by atoms with van der Waals surface area (Å²) in [5.41, 5.74) is 0. The van der Waals surface area contributed by atoms with Crippen molar-refractivity contribution in [2.45, 2.75) is 341 Å². The van der Waals surface area contributed by atoms with Gasteiger partial charge in [-0.3, -0.25) is 14.4 Å². The van der Waals surface area contributed by atoms with Gasteiger partial charge < -0.3 is 14.2 Å². The second-order valence-electron chi connectivity index (χ2n) is 23.1. The van der Waals surface area contributed by atoms with Gasteiger partial charge in [0.05, 0.1) is 0 Å². The van der Waals surface area contributed by atoms with Crippen molar-refractivity contribution in [3.8, 4) is 0 Å². The molecular weight excluding hydrogens is 1010 g/mol. The highest BCUT2D eigenvalue weighted by Gasteiger charge is 2.19. The molecule has 0 bridgehead atoms. The van der Waals surface area contributed by atoms with E-state index >= 15 is 0 Å². The van der Waals surface area contributed by atoms with E-state index in [1.165, 1.54) is 173 Å². The normalized spacial score (nSPS) is 12.8. The van der Waals surface area contributed by atoms with Crippen molar-refractivity contribution < 1.29 is 28.6 Å². The Balaban J connectivity index is 4.09. The number of rotatable bonds is 63. The minimum Gasteiger partial charge on any atom is -0.462 e. The molecule has 0 spiro atoms. The molecule has 6 heteroatoms. The number of ether oxygens (including phenoxy) is 3. The Kier molecular flexibility index (Phi) is 66.2. The first-order valence-electron chi connectivity index (χ1n) is 34.9. The van der Waals surface area contributed by atoms with E-state index < -0.39 is 6.10 Å². The number of hydrogen-bond donors (Lipinski definition) is 0. The molecule has 0 saturated heterocycles. The zero-order chi connectivity index (χ0) is 59.2. The Morgan fingerprint density at radius 1 is 0.256 bits per heavy atom. The fraction of sp³-hybridized carbons (Fsp3) is 0.724. The van der Waals surface area contributed by atoms with E-state index in [2.05, 4.69) is 130 Å². The van der Waals surface area contributed by atoms with E-state index in [1.807, 2.05) is 0 Å². The molecule has 0 N–H and O–H groups in total. The quantitative estimate of drug-likeness (QED) is 0.0261. The summed E-state index contributed by atoms with van der Waals surface area (Å²) >= 11 is 0. The maximum Gasteiger partial charge on any atom is 0.306 e. The van der Waals surface area contributed by atoms with Gasteiger partial charge in [0.1, 0.15) is 13.2 Å². The van der Waals surface area contributed by atoms with Gasteiger partial charge in [-0.25, -0.2) is 0 Å². The fourth-order valence-corrected chi connectivity index (χ4v) is 9.81. The van der Waals surface area contributed by atoms with Gasteiger partial charge in [0.15, 0.2) is 6.10 Å². The lowest BCUT2D eigenvalue weighted by atomic mass is 10.0. The molecular formula is C76H130O6. The van der Waals surface area contributed by atoms with Crippen molar-refractivity contribution >= 4 is 17.9 Å². The molecule has 0 aliphatic heterocycles. The monoisotopic (exact) mass is 1140 g/mol. The van der Waals surface area contributed by atoms with E-state index in [1.54, 1.807) is 0 Å². The van der Waals surface area contributed by atoms with Crippen LogP contribution in [0, 0.1) is 0 Å². The Labute approximate surface area is 508 Å². The molecule has 0 aromatic carbocycles. The summed E-state index contributed by atoms with van der Waals surface area (Å²) in [7, 11) is 0. The first-order chi connectivity index (χ1) is 40.5. The van der Waals surface area contributed by atoms with Gasteiger partial charge >= 0.3 is 17.9 Å². The lowest BCUT2D eigenvalue weighted by molar-refractivity contribution is -0.167. The first kappa shape index (κ1) is 78.1. The highest BCUT2D eigenvalue weighted by Crippen LogP contribution is 2.17. The molecule has 470 valence electrons. The lowest BCUT2D eigenvalue weighted by Crippen LogP contribution is -2.30. The Morgan fingerprint density at radius 3 is 0.744 bits per heavy atom. The molecule has 0 aromatic heterocycles. The first-order valence-corrected chi connectivity index (χ1v) is 34.9. The molecule has 0 aromatic rings. The predicted octanol–water partition coefficient (Wildman–Crippen LogP) is 24.2. The smallest absolute Gasteiger partial charge is 0.306 e. The van der Waals surface area contributed by atoms with Crippen molar-refractivity contribution in [2.24, 2.45) is 0 Å². The summed E-state index contributed by atoms with van der Waals surface area (Å²) in [5.74, 6) is -0.885. The number of unbranched alkanes of at least 4 members (excludes halogenated alkanes) is 34. The minimum atomic E-state index is -0.783. The van der Waals surface area contributed by atoms with Crippen LogP contribution < -0.4 is 0 Å². The summed E-state index contributed by atoms with van der Waals surface area (Å²) in [6.07, 6.45) is 95.6. The number of esters is 3. The van der Waals surface area contributed by atoms with E-state index in [-0.39, 0.29) is 31.1 Å². The molecule has 0 fully saturated rings. The van der Waals surface area contributed by atoms with Crippen LogP contribution >= 0.6 is 0 Å². The molecule has 0 heterocycles. The maximum atomic E-state index is 12.9. The van der Waals surface area contributed by atoms with Gasteiger partial charge in [0.25, 0.3) is 0 Å². The summed E-state index contributed by atoms with van der Waals surface area (Å²) in [5, 5.41) is 0. The van der Waals surface area contributed by atoms with Crippen molar-refractivity contribution in [2.75, 3.05) is 13.2 Å². The zero-order valence-electron chi connectivity index (χ0n) is 54.0. The molecule has 82 heavy (non-hydrogen) atoms. The van der Waals surface area contributed by atoms with Crippen LogP contribution in [0.1, 0.15) is 335 Å². The van der Waals surface area contributed by atoms with Crippen molar-refractivity contribution in [1.82, 2.24) is 0 Å². The van der Waals surface area contributed by atoms with Gasteiger partial charge in [0, 0.05) is 19.3 Å². The van der Waals surface area contributed by atoms with Gasteiger partial charge in [-0.05, 0) is 109 Å². The molecule has 0 saturated carbocycles. The molecule has 6 nitrogen and oxygen atoms in total. The zero-order valence-corrected chi connectivity index (χ0v) is 54.0. The number of carbonyl (C=O) groups excluding carboxylic acids is 3. The van der Waals surface area contributed by atoms with Crippen LogP contribution in [0.2, 0.25) is 0 Å². The Morgan fingerprint density at radius 2 is 0.476 bits per heavy atom. The number of hydrogen-bond acceptors (Lipinski definition) is 6. The maximum absolute atomic E-state index is 12.9. The summed E-state index contributed by atoms with van der Waals surface area (Å²) in [6, 6.07) is 0. The molecule has 0 amide bonds. The van der Waals surface area contributed by atoms with Crippen molar-refractivity contribution in [3.05, 3.63) is 109 Å². The van der Waals surface area contributed by atoms with E-state index in [0.717, 1.165) is 122 Å². The fourth-order valence-electron chi connectivity index (χ4n) is 9.81. The van der Waals surface area contributed by atoms with Crippen LogP contribution in [0.5, 0.6) is 0 Å². The third-order valence-corrected chi connectivity index (χ3v) is 15.0. The topological polar surface area (TPSA) is 78.9 Å². The highest BCUT2D eigenvalue weighted by molar-refractivity contribution is 5.71. The lowest BCUT2D eigenvalue weighted by Gasteiger charge is -2.18. The Hall–Kier alpha value is -3.93. The highest BCUT2D eigenvalue weighted by atomic mass is 16.6. The van der Waals surface area contributed by atoms with E-state index in [4.69, 9.17) is 14.2 Å². The van der Waals surface area contributed by atoms with Crippen LogP contribution in [0.4, 0.5) is 0 Å². The molecule has 1 unspecified atom stereocenters. The van der Waals surface area contributed by atoms with Crippen molar-refractivity contribution in [1.29, 1.82) is 0 Å². The van der Waals surface area contributed by atoms with E-state index in [9.17, 15) is 14.4 Å². The largest absolute Gasteiger partial charge is 0.462 e. The SMILES string of the molecule is CC/C=C\C/C=C\C/C=C\C/C=C\C/C=C\C/C=C\CCCCCCCCCCCCCCCCCCC(=O)OCC(COC(=O)CCCCCCCCCC)OC(=O)CCCCCCCC/C=C\C/C=C\C/C=C\CCCCCCC. The molecule has 1 atom stereocenters. The summed E-state index contributed by atoms with van der Waals surface area (Å²) < 4.78 is 16.9. The van der Waals surface area contributed by atoms with Gasteiger partial charge in [-0.15, -0.1) is 0 Å². The van der Waals surface area contributed by atoms with Gasteiger partial charge in [0.2, 0.25) is 0 Å². The Bertz CT molecular complexity index is 1640. The number of carbonyl (C=O) groups is 3. The van der Waals surface area contributed by atoms with Crippen molar-refractivity contribution in [3.63, 3.8) is 0 Å². The molecule has 0 aliphatic carbocycles. The third-order valence-electron chi connectivity index (χ3n) is 15.0. The molecule has 0 aliphatic rings. The average Bonchev–Trinajstić information content (AvgIpc) is 3.47. The molecule has 0 radical (unpaired) electrons. The van der Waals surface area contributed by atoms with Gasteiger partial charge in [-0.1, -0.05) is 316 Å². The summed E-state index contributed by atoms with van der Waals surface area (Å²) in [4.78, 5) is 38.2. The predicted molar refractivity (Wildman–Crippen MR) is 357 cm³/mol. The minimum absolute atomic E-state index is 0.0798. The summed E-state index contributed by atoms with van der Waals surface area (Å²) in [6.45, 7) is 6.50. The second-order valence-corrected chi connectivity index (χ2v) is 23.1.